The molecule has 0 radical (unpaired) electrons. The number of carbonyl (C=O) groups is 1. The van der Waals surface area contributed by atoms with Gasteiger partial charge in [-0.2, -0.15) is 0 Å². The summed E-state index contributed by atoms with van der Waals surface area (Å²) < 4.78 is 5.70. The van der Waals surface area contributed by atoms with Crippen molar-refractivity contribution in [3.8, 4) is 11.3 Å². The van der Waals surface area contributed by atoms with Crippen LogP contribution in [-0.4, -0.2) is 17.4 Å². The lowest BCUT2D eigenvalue weighted by molar-refractivity contribution is -0.120. The number of thiophene rings is 1. The Hall–Kier alpha value is -2.40. The van der Waals surface area contributed by atoms with Gasteiger partial charge in [0.25, 0.3) is 0 Å². The second-order valence-corrected chi connectivity index (χ2v) is 6.26. The molecule has 1 N–H and O–H groups in total. The zero-order valence-electron chi connectivity index (χ0n) is 12.9. The van der Waals surface area contributed by atoms with Crippen molar-refractivity contribution in [1.29, 1.82) is 0 Å². The van der Waals surface area contributed by atoms with Gasteiger partial charge < -0.3 is 9.73 Å². The van der Waals surface area contributed by atoms with Crippen LogP contribution in [0.1, 0.15) is 16.5 Å². The second kappa shape index (κ2) is 7.24. The molecule has 0 aliphatic carbocycles. The topological polar surface area (TPSA) is 55.1 Å². The Kier molecular flexibility index (Phi) is 4.88. The summed E-state index contributed by atoms with van der Waals surface area (Å²) in [7, 11) is 0. The van der Waals surface area contributed by atoms with Gasteiger partial charge in [-0.15, -0.1) is 11.3 Å². The number of oxazole rings is 1. The van der Waals surface area contributed by atoms with Gasteiger partial charge in [-0.05, 0) is 11.4 Å². The van der Waals surface area contributed by atoms with E-state index in [1.165, 1.54) is 0 Å². The first-order valence-electron chi connectivity index (χ1n) is 7.53. The predicted octanol–water partition coefficient (Wildman–Crippen LogP) is 3.61. The Morgan fingerprint density at radius 1 is 1.22 bits per heavy atom. The fourth-order valence-corrected chi connectivity index (χ4v) is 3.11. The number of aryl methyl sites for hydroxylation is 1. The van der Waals surface area contributed by atoms with Crippen LogP contribution >= 0.6 is 11.3 Å². The van der Waals surface area contributed by atoms with Gasteiger partial charge >= 0.3 is 0 Å². The molecule has 2 heterocycles. The molecule has 0 fully saturated rings. The van der Waals surface area contributed by atoms with Crippen molar-refractivity contribution in [2.24, 2.45) is 0 Å². The molecule has 0 saturated carbocycles. The number of carbonyl (C=O) groups excluding carboxylic acids is 1. The Morgan fingerprint density at radius 2 is 2.04 bits per heavy atom. The van der Waals surface area contributed by atoms with Crippen molar-refractivity contribution in [3.63, 3.8) is 0 Å². The van der Waals surface area contributed by atoms with E-state index in [9.17, 15) is 4.79 Å². The summed E-state index contributed by atoms with van der Waals surface area (Å²) in [6, 6.07) is 13.9. The summed E-state index contributed by atoms with van der Waals surface area (Å²) >= 11 is 1.59. The minimum absolute atomic E-state index is 0.0324. The Morgan fingerprint density at radius 3 is 2.78 bits per heavy atom. The molecule has 0 aliphatic rings. The van der Waals surface area contributed by atoms with Crippen LogP contribution in [0.5, 0.6) is 0 Å². The van der Waals surface area contributed by atoms with Crippen LogP contribution in [0.3, 0.4) is 0 Å². The minimum atomic E-state index is 0.0324. The average molecular weight is 326 g/mol. The quantitative estimate of drug-likeness (QED) is 0.753. The summed E-state index contributed by atoms with van der Waals surface area (Å²) in [6.45, 7) is 2.38. The van der Waals surface area contributed by atoms with E-state index in [0.717, 1.165) is 21.9 Å². The summed E-state index contributed by atoms with van der Waals surface area (Å²) in [5.74, 6) is 1.49. The molecular formula is C18H18N2O2S. The maximum absolute atomic E-state index is 11.9. The van der Waals surface area contributed by atoms with E-state index in [4.69, 9.17) is 4.42 Å². The van der Waals surface area contributed by atoms with Crippen LogP contribution in [0, 0.1) is 6.92 Å². The third-order valence-corrected chi connectivity index (χ3v) is 4.32. The van der Waals surface area contributed by atoms with Crippen LogP contribution in [-0.2, 0) is 17.6 Å². The first-order chi connectivity index (χ1) is 11.2. The molecule has 3 rings (SSSR count). The summed E-state index contributed by atoms with van der Waals surface area (Å²) in [5, 5.41) is 4.92. The number of hydrogen-bond acceptors (Lipinski definition) is 4. The molecule has 23 heavy (non-hydrogen) atoms. The van der Waals surface area contributed by atoms with Gasteiger partial charge in [0.05, 0.1) is 6.42 Å². The highest BCUT2D eigenvalue weighted by Gasteiger charge is 2.13. The van der Waals surface area contributed by atoms with E-state index in [0.29, 0.717) is 25.3 Å². The molecule has 0 atom stereocenters. The van der Waals surface area contributed by atoms with Gasteiger partial charge in [-0.1, -0.05) is 36.4 Å². The first-order valence-corrected chi connectivity index (χ1v) is 8.41. The van der Waals surface area contributed by atoms with Crippen molar-refractivity contribution < 1.29 is 9.21 Å². The molecule has 1 amide bonds. The Balaban J connectivity index is 1.59. The smallest absolute Gasteiger partial charge is 0.225 e. The van der Waals surface area contributed by atoms with Crippen molar-refractivity contribution >= 4 is 17.2 Å². The molecule has 0 spiro atoms. The SMILES string of the molecule is Cc1nc(-c2ccccc2)c(CCNC(=O)Cc2cccs2)o1. The van der Waals surface area contributed by atoms with Gasteiger partial charge in [0.15, 0.2) is 5.89 Å². The van der Waals surface area contributed by atoms with E-state index in [1.54, 1.807) is 11.3 Å². The Labute approximate surface area is 139 Å². The summed E-state index contributed by atoms with van der Waals surface area (Å²) in [4.78, 5) is 17.4. The van der Waals surface area contributed by atoms with E-state index in [1.807, 2.05) is 54.8 Å². The number of rotatable bonds is 6. The molecule has 0 aliphatic heterocycles. The molecular weight excluding hydrogens is 308 g/mol. The molecule has 1 aromatic carbocycles. The molecule has 118 valence electrons. The van der Waals surface area contributed by atoms with Crippen LogP contribution in [0.15, 0.2) is 52.3 Å². The van der Waals surface area contributed by atoms with Crippen molar-refractivity contribution in [2.45, 2.75) is 19.8 Å². The molecule has 0 bridgehead atoms. The molecule has 4 nitrogen and oxygen atoms in total. The molecule has 0 unspecified atom stereocenters. The Bertz CT molecular complexity index is 764. The number of benzene rings is 1. The third-order valence-electron chi connectivity index (χ3n) is 3.44. The maximum Gasteiger partial charge on any atom is 0.225 e. The van der Waals surface area contributed by atoms with E-state index in [2.05, 4.69) is 10.3 Å². The fraction of sp³-hybridized carbons (Fsp3) is 0.222. The summed E-state index contributed by atoms with van der Waals surface area (Å²) in [6.07, 6.45) is 1.06. The highest BCUT2D eigenvalue weighted by Crippen LogP contribution is 2.23. The average Bonchev–Trinajstić information content (AvgIpc) is 3.18. The zero-order chi connectivity index (χ0) is 16.1. The lowest BCUT2D eigenvalue weighted by atomic mass is 10.1. The third kappa shape index (κ3) is 4.07. The lowest BCUT2D eigenvalue weighted by Crippen LogP contribution is -2.26. The van der Waals surface area contributed by atoms with E-state index < -0.39 is 0 Å². The second-order valence-electron chi connectivity index (χ2n) is 5.23. The number of amides is 1. The van der Waals surface area contributed by atoms with Gasteiger partial charge in [0, 0.05) is 30.3 Å². The van der Waals surface area contributed by atoms with Crippen LogP contribution in [0.25, 0.3) is 11.3 Å². The first kappa shape index (κ1) is 15.5. The van der Waals surface area contributed by atoms with Gasteiger partial charge in [-0.25, -0.2) is 4.98 Å². The van der Waals surface area contributed by atoms with Crippen molar-refractivity contribution in [3.05, 3.63) is 64.4 Å². The maximum atomic E-state index is 11.9. The molecule has 0 saturated heterocycles. The van der Waals surface area contributed by atoms with E-state index >= 15 is 0 Å². The number of nitrogens with one attached hydrogen (secondary N) is 1. The molecule has 5 heteroatoms. The van der Waals surface area contributed by atoms with Crippen molar-refractivity contribution in [1.82, 2.24) is 10.3 Å². The normalized spacial score (nSPS) is 10.7. The van der Waals surface area contributed by atoms with Gasteiger partial charge in [-0.3, -0.25) is 4.79 Å². The van der Waals surface area contributed by atoms with Gasteiger partial charge in [0.2, 0.25) is 5.91 Å². The lowest BCUT2D eigenvalue weighted by Gasteiger charge is -2.04. The highest BCUT2D eigenvalue weighted by atomic mass is 32.1. The van der Waals surface area contributed by atoms with Crippen LogP contribution in [0.4, 0.5) is 0 Å². The fourth-order valence-electron chi connectivity index (χ4n) is 2.41. The number of nitrogens with zero attached hydrogens (tertiary/aromatic N) is 1. The van der Waals surface area contributed by atoms with Crippen LogP contribution < -0.4 is 5.32 Å². The predicted molar refractivity (Wildman–Crippen MR) is 91.4 cm³/mol. The number of hydrogen-bond donors (Lipinski definition) is 1. The van der Waals surface area contributed by atoms with Gasteiger partial charge in [0.1, 0.15) is 11.5 Å². The number of aromatic nitrogens is 1. The minimum Gasteiger partial charge on any atom is -0.445 e. The zero-order valence-corrected chi connectivity index (χ0v) is 13.7. The summed E-state index contributed by atoms with van der Waals surface area (Å²) in [5.41, 5.74) is 1.89. The largest absolute Gasteiger partial charge is 0.445 e. The molecule has 3 aromatic rings. The molecule has 2 aromatic heterocycles. The highest BCUT2D eigenvalue weighted by molar-refractivity contribution is 7.10. The standard InChI is InChI=1S/C18H18N2O2S/c1-13-20-18(14-6-3-2-4-7-14)16(22-13)9-10-19-17(21)12-15-8-5-11-23-15/h2-8,11H,9-10,12H2,1H3,(H,19,21). The van der Waals surface area contributed by atoms with Crippen molar-refractivity contribution in [2.75, 3.05) is 6.54 Å². The monoisotopic (exact) mass is 326 g/mol. The van der Waals surface area contributed by atoms with E-state index in [-0.39, 0.29) is 5.91 Å². The van der Waals surface area contributed by atoms with Crippen LogP contribution in [0.2, 0.25) is 0 Å².